The Morgan fingerprint density at radius 1 is 0.420 bits per heavy atom. The zero-order valence-electron chi connectivity index (χ0n) is 28.1. The van der Waals surface area contributed by atoms with Crippen molar-refractivity contribution in [1.29, 1.82) is 0 Å². The fourth-order valence-corrected chi connectivity index (χ4v) is 8.26. The van der Waals surface area contributed by atoms with Gasteiger partial charge in [0.2, 0.25) is 0 Å². The zero-order chi connectivity index (χ0) is 33.2. The zero-order valence-corrected chi connectivity index (χ0v) is 28.1. The molecular weight excluding hydrogens is 605 g/mol. The van der Waals surface area contributed by atoms with Crippen molar-refractivity contribution in [2.24, 2.45) is 0 Å². The molecule has 0 spiro atoms. The topological polar surface area (TPSA) is 9.86 Å². The summed E-state index contributed by atoms with van der Waals surface area (Å²) in [5.74, 6) is 0. The lowest BCUT2D eigenvalue weighted by Crippen LogP contribution is -1.96. The number of hydrogen-bond donors (Lipinski definition) is 0. The van der Waals surface area contributed by atoms with Gasteiger partial charge < -0.3 is 9.13 Å². The van der Waals surface area contributed by atoms with E-state index < -0.39 is 0 Å². The standard InChI is InChI=1S/C48H36N2/c1-2-3-12-32-21-25-38-36(29-32)14-11-20-44(38)50-45-19-10-9-18-40(45)42-30-34(24-28-47(42)50)35-23-27-46-43(31-35)41-26-22-33-13-7-8-17-39(33)48(41)49(46)37-15-5-4-6-16-37/h4-11,13-31H,2-3,12H2,1H3. The van der Waals surface area contributed by atoms with E-state index in [-0.39, 0.29) is 0 Å². The number of aryl methyl sites for hydroxylation is 1. The van der Waals surface area contributed by atoms with E-state index in [2.05, 4.69) is 180 Å². The molecule has 0 unspecified atom stereocenters. The molecule has 2 aromatic heterocycles. The van der Waals surface area contributed by atoms with E-state index in [1.165, 1.54) is 106 Å². The molecule has 0 aliphatic heterocycles. The Labute approximate surface area is 291 Å². The number of unbranched alkanes of at least 4 members (excludes halogenated alkanes) is 1. The summed E-state index contributed by atoms with van der Waals surface area (Å²) in [5, 5.41) is 10.2. The molecule has 0 amide bonds. The summed E-state index contributed by atoms with van der Waals surface area (Å²) in [6.07, 6.45) is 3.56. The van der Waals surface area contributed by atoms with Crippen LogP contribution in [0, 0.1) is 0 Å². The molecule has 0 saturated carbocycles. The molecule has 0 fully saturated rings. The highest BCUT2D eigenvalue weighted by Crippen LogP contribution is 2.40. The van der Waals surface area contributed by atoms with Crippen molar-refractivity contribution in [3.8, 4) is 22.5 Å². The monoisotopic (exact) mass is 640 g/mol. The maximum Gasteiger partial charge on any atom is 0.0619 e. The molecule has 0 atom stereocenters. The van der Waals surface area contributed by atoms with Gasteiger partial charge in [-0.25, -0.2) is 0 Å². The quantitative estimate of drug-likeness (QED) is 0.171. The van der Waals surface area contributed by atoms with Crippen molar-refractivity contribution in [2.45, 2.75) is 26.2 Å². The van der Waals surface area contributed by atoms with Crippen LogP contribution in [0.1, 0.15) is 25.3 Å². The third kappa shape index (κ3) is 4.42. The molecule has 0 aliphatic rings. The first-order valence-corrected chi connectivity index (χ1v) is 17.8. The van der Waals surface area contributed by atoms with Crippen molar-refractivity contribution in [2.75, 3.05) is 0 Å². The molecule has 2 heteroatoms. The van der Waals surface area contributed by atoms with Gasteiger partial charge in [-0.2, -0.15) is 0 Å². The van der Waals surface area contributed by atoms with Crippen molar-refractivity contribution in [1.82, 2.24) is 9.13 Å². The van der Waals surface area contributed by atoms with Crippen LogP contribution in [0.3, 0.4) is 0 Å². The summed E-state index contributed by atoms with van der Waals surface area (Å²) in [5.41, 5.74) is 11.2. The second-order valence-electron chi connectivity index (χ2n) is 13.6. The molecule has 10 rings (SSSR count). The summed E-state index contributed by atoms with van der Waals surface area (Å²) in [6.45, 7) is 2.26. The van der Waals surface area contributed by atoms with Crippen LogP contribution in [-0.2, 0) is 6.42 Å². The average molecular weight is 641 g/mol. The van der Waals surface area contributed by atoms with Crippen LogP contribution in [0.25, 0.3) is 87.7 Å². The van der Waals surface area contributed by atoms with Crippen LogP contribution in [0.4, 0.5) is 0 Å². The van der Waals surface area contributed by atoms with E-state index in [0.717, 1.165) is 6.42 Å². The Hall–Kier alpha value is -6.12. The SMILES string of the molecule is CCCCc1ccc2c(-n3c4ccccc4c4cc(-c5ccc6c(c5)c5ccc7ccccc7c5n6-c5ccccc5)ccc43)cccc2c1. The summed E-state index contributed by atoms with van der Waals surface area (Å²) >= 11 is 0. The van der Waals surface area contributed by atoms with Gasteiger partial charge >= 0.3 is 0 Å². The predicted molar refractivity (Wildman–Crippen MR) is 214 cm³/mol. The van der Waals surface area contributed by atoms with E-state index in [4.69, 9.17) is 0 Å². The molecule has 0 radical (unpaired) electrons. The lowest BCUT2D eigenvalue weighted by molar-refractivity contribution is 0.796. The van der Waals surface area contributed by atoms with Gasteiger partial charge in [0, 0.05) is 38.0 Å². The van der Waals surface area contributed by atoms with E-state index in [9.17, 15) is 0 Å². The van der Waals surface area contributed by atoms with Crippen molar-refractivity contribution >= 4 is 65.2 Å². The number of hydrogen-bond acceptors (Lipinski definition) is 0. The predicted octanol–water partition coefficient (Wildman–Crippen LogP) is 13.2. The second-order valence-corrected chi connectivity index (χ2v) is 13.6. The number of para-hydroxylation sites is 2. The van der Waals surface area contributed by atoms with Crippen LogP contribution in [0.15, 0.2) is 164 Å². The number of nitrogens with zero attached hydrogens (tertiary/aromatic N) is 2. The first kappa shape index (κ1) is 28.9. The molecule has 0 bridgehead atoms. The van der Waals surface area contributed by atoms with Gasteiger partial charge in [0.25, 0.3) is 0 Å². The minimum Gasteiger partial charge on any atom is -0.309 e. The number of rotatable bonds is 6. The number of fused-ring (bicyclic) bond motifs is 9. The van der Waals surface area contributed by atoms with Gasteiger partial charge in [-0.15, -0.1) is 0 Å². The molecule has 2 heterocycles. The van der Waals surface area contributed by atoms with Gasteiger partial charge in [0.15, 0.2) is 0 Å². The molecule has 0 N–H and O–H groups in total. The summed E-state index contributed by atoms with van der Waals surface area (Å²) in [7, 11) is 0. The minimum atomic E-state index is 1.13. The largest absolute Gasteiger partial charge is 0.309 e. The number of benzene rings is 8. The molecule has 2 nitrogen and oxygen atoms in total. The van der Waals surface area contributed by atoms with Gasteiger partial charge in [0.1, 0.15) is 0 Å². The fourth-order valence-electron chi connectivity index (χ4n) is 8.26. The Morgan fingerprint density at radius 2 is 1.08 bits per heavy atom. The van der Waals surface area contributed by atoms with Gasteiger partial charge in [-0.3, -0.25) is 0 Å². The normalized spacial score (nSPS) is 11.9. The van der Waals surface area contributed by atoms with E-state index in [1.807, 2.05) is 0 Å². The maximum atomic E-state index is 2.46. The highest BCUT2D eigenvalue weighted by atomic mass is 15.0. The van der Waals surface area contributed by atoms with Gasteiger partial charge in [-0.05, 0) is 88.8 Å². The first-order valence-electron chi connectivity index (χ1n) is 17.8. The maximum absolute atomic E-state index is 2.46. The molecule has 0 saturated heterocycles. The van der Waals surface area contributed by atoms with E-state index in [1.54, 1.807) is 0 Å². The summed E-state index contributed by atoms with van der Waals surface area (Å²) < 4.78 is 4.90. The van der Waals surface area contributed by atoms with E-state index >= 15 is 0 Å². The minimum absolute atomic E-state index is 1.13. The Morgan fingerprint density at radius 3 is 1.90 bits per heavy atom. The van der Waals surface area contributed by atoms with Crippen LogP contribution >= 0.6 is 0 Å². The summed E-state index contributed by atoms with van der Waals surface area (Å²) in [4.78, 5) is 0. The highest BCUT2D eigenvalue weighted by molar-refractivity contribution is 6.19. The number of aromatic nitrogens is 2. The second kappa shape index (κ2) is 11.5. The molecule has 238 valence electrons. The van der Waals surface area contributed by atoms with E-state index in [0.29, 0.717) is 0 Å². The third-order valence-electron chi connectivity index (χ3n) is 10.7. The Balaban J connectivity index is 1.17. The van der Waals surface area contributed by atoms with Crippen LogP contribution in [0.2, 0.25) is 0 Å². The lowest BCUT2D eigenvalue weighted by atomic mass is 10.00. The first-order chi connectivity index (χ1) is 24.8. The molecule has 8 aromatic carbocycles. The summed E-state index contributed by atoms with van der Waals surface area (Å²) in [6, 6.07) is 60.7. The van der Waals surface area contributed by atoms with Crippen LogP contribution in [0.5, 0.6) is 0 Å². The molecule has 10 aromatic rings. The smallest absolute Gasteiger partial charge is 0.0619 e. The van der Waals surface area contributed by atoms with Crippen molar-refractivity contribution in [3.63, 3.8) is 0 Å². The van der Waals surface area contributed by atoms with Gasteiger partial charge in [0.05, 0.1) is 27.8 Å². The van der Waals surface area contributed by atoms with Crippen LogP contribution in [-0.4, -0.2) is 9.13 Å². The Bertz CT molecular complexity index is 2900. The third-order valence-corrected chi connectivity index (χ3v) is 10.7. The van der Waals surface area contributed by atoms with Crippen molar-refractivity contribution < 1.29 is 0 Å². The van der Waals surface area contributed by atoms with Crippen LogP contribution < -0.4 is 0 Å². The highest BCUT2D eigenvalue weighted by Gasteiger charge is 2.18. The molecular formula is C48H36N2. The molecule has 50 heavy (non-hydrogen) atoms. The van der Waals surface area contributed by atoms with Crippen molar-refractivity contribution in [3.05, 3.63) is 169 Å². The van der Waals surface area contributed by atoms with Gasteiger partial charge in [-0.1, -0.05) is 129 Å². The lowest BCUT2D eigenvalue weighted by Gasteiger charge is -2.13. The molecule has 0 aliphatic carbocycles. The fraction of sp³-hybridized carbons (Fsp3) is 0.0833. The average Bonchev–Trinajstić information content (AvgIpc) is 3.69. The Kier molecular flexibility index (Phi) is 6.63.